The van der Waals surface area contributed by atoms with Crippen molar-refractivity contribution >= 4 is 17.2 Å². The van der Waals surface area contributed by atoms with Gasteiger partial charge in [-0.3, -0.25) is 9.48 Å². The predicted molar refractivity (Wildman–Crippen MR) is 85.2 cm³/mol. The first-order valence-corrected chi connectivity index (χ1v) is 7.96. The highest BCUT2D eigenvalue weighted by atomic mass is 32.1. The number of rotatable bonds is 5. The fourth-order valence-electron chi connectivity index (χ4n) is 2.46. The Morgan fingerprint density at radius 1 is 1.45 bits per heavy atom. The summed E-state index contributed by atoms with van der Waals surface area (Å²) in [6, 6.07) is 7.42. The normalized spacial score (nSPS) is 12.3. The number of carbonyl (C=O) groups is 1. The Morgan fingerprint density at radius 3 is 2.91 bits per heavy atom. The summed E-state index contributed by atoms with van der Waals surface area (Å²) in [5, 5.41) is 11.6. The number of furan rings is 1. The molecule has 0 saturated heterocycles. The van der Waals surface area contributed by atoms with Gasteiger partial charge in [-0.05, 0) is 54.4 Å². The molecule has 0 bridgehead atoms. The van der Waals surface area contributed by atoms with E-state index in [0.717, 1.165) is 17.0 Å². The summed E-state index contributed by atoms with van der Waals surface area (Å²) < 4.78 is 7.08. The summed E-state index contributed by atoms with van der Waals surface area (Å²) in [5.74, 6) is 0.101. The van der Waals surface area contributed by atoms with Gasteiger partial charge in [0.1, 0.15) is 0 Å². The van der Waals surface area contributed by atoms with Crippen LogP contribution in [0.2, 0.25) is 0 Å². The summed E-state index contributed by atoms with van der Waals surface area (Å²) in [5.41, 5.74) is 3.17. The van der Waals surface area contributed by atoms with Gasteiger partial charge >= 0.3 is 0 Å². The lowest BCUT2D eigenvalue weighted by Gasteiger charge is -2.19. The third kappa shape index (κ3) is 2.96. The van der Waals surface area contributed by atoms with E-state index in [1.165, 1.54) is 6.26 Å². The van der Waals surface area contributed by atoms with Gasteiger partial charge in [-0.25, -0.2) is 0 Å². The van der Waals surface area contributed by atoms with Gasteiger partial charge in [-0.15, -0.1) is 0 Å². The average Bonchev–Trinajstić information content (AvgIpc) is 3.22. The van der Waals surface area contributed by atoms with Gasteiger partial charge < -0.3 is 9.73 Å². The number of hydrogen-bond donors (Lipinski definition) is 1. The van der Waals surface area contributed by atoms with Crippen LogP contribution in [0.25, 0.3) is 0 Å². The van der Waals surface area contributed by atoms with E-state index in [1.54, 1.807) is 23.5 Å². The van der Waals surface area contributed by atoms with Crippen LogP contribution >= 0.6 is 11.3 Å². The van der Waals surface area contributed by atoms with Crippen LogP contribution in [0.15, 0.2) is 45.7 Å². The second-order valence-electron chi connectivity index (χ2n) is 5.13. The van der Waals surface area contributed by atoms with Crippen molar-refractivity contribution in [2.75, 3.05) is 6.54 Å². The van der Waals surface area contributed by atoms with Crippen molar-refractivity contribution in [3.63, 3.8) is 0 Å². The number of hydrogen-bond acceptors (Lipinski definition) is 4. The molecule has 0 aliphatic rings. The van der Waals surface area contributed by atoms with Crippen LogP contribution in [0, 0.1) is 13.8 Å². The minimum absolute atomic E-state index is 0.0288. The Morgan fingerprint density at radius 2 is 2.32 bits per heavy atom. The molecular weight excluding hydrogens is 298 g/mol. The minimum atomic E-state index is -0.216. The first-order valence-electron chi connectivity index (χ1n) is 7.01. The first-order chi connectivity index (χ1) is 10.6. The maximum atomic E-state index is 12.1. The quantitative estimate of drug-likeness (QED) is 0.786. The lowest BCUT2D eigenvalue weighted by molar-refractivity contribution is 0.0921. The van der Waals surface area contributed by atoms with E-state index in [4.69, 9.17) is 4.42 Å². The van der Waals surface area contributed by atoms with Crippen molar-refractivity contribution in [1.29, 1.82) is 0 Å². The van der Waals surface area contributed by atoms with E-state index in [-0.39, 0.29) is 11.9 Å². The highest BCUT2D eigenvalue weighted by Crippen LogP contribution is 2.22. The molecule has 3 aromatic rings. The van der Waals surface area contributed by atoms with Crippen LogP contribution in [0.1, 0.15) is 33.5 Å². The lowest BCUT2D eigenvalue weighted by Crippen LogP contribution is -2.31. The second kappa shape index (κ2) is 6.19. The lowest BCUT2D eigenvalue weighted by atomic mass is 10.1. The second-order valence-corrected chi connectivity index (χ2v) is 5.91. The largest absolute Gasteiger partial charge is 0.459 e. The molecule has 114 valence electrons. The molecule has 5 nitrogen and oxygen atoms in total. The van der Waals surface area contributed by atoms with Crippen LogP contribution in [0.5, 0.6) is 0 Å². The van der Waals surface area contributed by atoms with Crippen LogP contribution in [0.3, 0.4) is 0 Å². The zero-order valence-corrected chi connectivity index (χ0v) is 13.3. The molecule has 1 amide bonds. The van der Waals surface area contributed by atoms with Crippen molar-refractivity contribution < 1.29 is 9.21 Å². The van der Waals surface area contributed by atoms with E-state index < -0.39 is 0 Å². The molecular formula is C16H17N3O2S. The summed E-state index contributed by atoms with van der Waals surface area (Å²) >= 11 is 1.63. The Balaban J connectivity index is 1.81. The topological polar surface area (TPSA) is 60.1 Å². The molecule has 1 atom stereocenters. The molecule has 1 N–H and O–H groups in total. The Bertz CT molecular complexity index is 745. The number of carbonyl (C=O) groups excluding carboxylic acids is 1. The molecule has 0 aliphatic heterocycles. The number of thiophene rings is 1. The molecule has 0 aliphatic carbocycles. The van der Waals surface area contributed by atoms with Gasteiger partial charge in [0.2, 0.25) is 0 Å². The van der Waals surface area contributed by atoms with Gasteiger partial charge in [0.25, 0.3) is 5.91 Å². The third-order valence-electron chi connectivity index (χ3n) is 3.47. The van der Waals surface area contributed by atoms with Crippen LogP contribution in [0.4, 0.5) is 0 Å². The van der Waals surface area contributed by atoms with Crippen LogP contribution in [-0.2, 0) is 0 Å². The molecule has 3 rings (SSSR count). The zero-order chi connectivity index (χ0) is 15.5. The number of nitrogens with one attached hydrogen (secondary N) is 1. The van der Waals surface area contributed by atoms with Gasteiger partial charge in [-0.1, -0.05) is 0 Å². The number of nitrogens with zero attached hydrogens (tertiary/aromatic N) is 2. The molecule has 0 radical (unpaired) electrons. The summed E-state index contributed by atoms with van der Waals surface area (Å²) in [6.45, 7) is 4.45. The van der Waals surface area contributed by atoms with Crippen molar-refractivity contribution in [1.82, 2.24) is 15.1 Å². The molecule has 0 unspecified atom stereocenters. The third-order valence-corrected chi connectivity index (χ3v) is 4.17. The Kier molecular flexibility index (Phi) is 4.11. The molecule has 0 spiro atoms. The van der Waals surface area contributed by atoms with Crippen LogP contribution in [-0.4, -0.2) is 22.2 Å². The molecule has 0 fully saturated rings. The van der Waals surface area contributed by atoms with Gasteiger partial charge in [-0.2, -0.15) is 16.4 Å². The summed E-state index contributed by atoms with van der Waals surface area (Å²) in [4.78, 5) is 12.1. The van der Waals surface area contributed by atoms with Gasteiger partial charge in [0.05, 0.1) is 18.0 Å². The van der Waals surface area contributed by atoms with Crippen molar-refractivity contribution in [3.8, 4) is 0 Å². The molecule has 0 saturated carbocycles. The highest BCUT2D eigenvalue weighted by Gasteiger charge is 2.19. The van der Waals surface area contributed by atoms with E-state index in [0.29, 0.717) is 12.3 Å². The standard InChI is InChI=1S/C16H17N3O2S/c1-11-8-12(2)19(18-11)14(13-5-7-22-10-13)9-17-16(20)15-4-3-6-21-15/h3-8,10,14H,9H2,1-2H3,(H,17,20)/t14-/m0/s1. The Labute approximate surface area is 132 Å². The van der Waals surface area contributed by atoms with Gasteiger partial charge in [0.15, 0.2) is 5.76 Å². The Hall–Kier alpha value is -2.34. The number of aryl methyl sites for hydroxylation is 2. The van der Waals surface area contributed by atoms with E-state index >= 15 is 0 Å². The van der Waals surface area contributed by atoms with Crippen molar-refractivity contribution in [2.45, 2.75) is 19.9 Å². The molecule has 3 heterocycles. The minimum Gasteiger partial charge on any atom is -0.459 e. The SMILES string of the molecule is Cc1cc(C)n([C@@H](CNC(=O)c2ccco2)c2ccsc2)n1. The van der Waals surface area contributed by atoms with E-state index in [2.05, 4.69) is 21.9 Å². The number of amides is 1. The van der Waals surface area contributed by atoms with Crippen molar-refractivity contribution in [3.05, 3.63) is 64.0 Å². The van der Waals surface area contributed by atoms with E-state index in [1.807, 2.05) is 30.0 Å². The fourth-order valence-corrected chi connectivity index (χ4v) is 3.16. The monoisotopic (exact) mass is 315 g/mol. The molecule has 6 heteroatoms. The maximum absolute atomic E-state index is 12.1. The van der Waals surface area contributed by atoms with Crippen molar-refractivity contribution in [2.24, 2.45) is 0 Å². The molecule has 3 aromatic heterocycles. The molecule has 22 heavy (non-hydrogen) atoms. The average molecular weight is 315 g/mol. The predicted octanol–water partition coefficient (Wildman–Crippen LogP) is 3.17. The highest BCUT2D eigenvalue weighted by molar-refractivity contribution is 7.07. The number of aromatic nitrogens is 2. The van der Waals surface area contributed by atoms with Crippen LogP contribution < -0.4 is 5.32 Å². The summed E-state index contributed by atoms with van der Waals surface area (Å²) in [6.07, 6.45) is 1.49. The maximum Gasteiger partial charge on any atom is 0.287 e. The summed E-state index contributed by atoms with van der Waals surface area (Å²) in [7, 11) is 0. The first kappa shape index (κ1) is 14.6. The van der Waals surface area contributed by atoms with Gasteiger partial charge in [0, 0.05) is 12.2 Å². The van der Waals surface area contributed by atoms with E-state index in [9.17, 15) is 4.79 Å². The molecule has 0 aromatic carbocycles. The smallest absolute Gasteiger partial charge is 0.287 e. The fraction of sp³-hybridized carbons (Fsp3) is 0.250. The zero-order valence-electron chi connectivity index (χ0n) is 12.4.